The van der Waals surface area contributed by atoms with Gasteiger partial charge in [0.15, 0.2) is 0 Å². The molecule has 0 radical (unpaired) electrons. The lowest BCUT2D eigenvalue weighted by atomic mass is 9.84. The minimum atomic E-state index is -0.379. The highest BCUT2D eigenvalue weighted by atomic mass is 32.2. The first kappa shape index (κ1) is 18.8. The fourth-order valence-corrected chi connectivity index (χ4v) is 4.98. The average Bonchev–Trinajstić information content (AvgIpc) is 2.77. The van der Waals surface area contributed by atoms with Crippen molar-refractivity contribution in [3.63, 3.8) is 0 Å². The number of allylic oxidation sites excluding steroid dienone is 2. The zero-order valence-electron chi connectivity index (χ0n) is 16.2. The molecule has 2 heteroatoms. The van der Waals surface area contributed by atoms with Crippen LogP contribution in [-0.2, 0) is 4.75 Å². The van der Waals surface area contributed by atoms with Gasteiger partial charge >= 0.3 is 0 Å². The van der Waals surface area contributed by atoms with Crippen LogP contribution in [0.5, 0.6) is 0 Å². The minimum Gasteiger partial charge on any atom is -0.220 e. The summed E-state index contributed by atoms with van der Waals surface area (Å²) in [6.07, 6.45) is 5.70. The molecule has 0 unspecified atom stereocenters. The van der Waals surface area contributed by atoms with Crippen LogP contribution >= 0.6 is 11.9 Å². The summed E-state index contributed by atoms with van der Waals surface area (Å²) >= 11 is 1.68. The highest BCUT2D eigenvalue weighted by molar-refractivity contribution is 7.99. The van der Waals surface area contributed by atoms with Gasteiger partial charge in [-0.05, 0) is 60.9 Å². The van der Waals surface area contributed by atoms with Crippen molar-refractivity contribution in [1.29, 1.82) is 0 Å². The van der Waals surface area contributed by atoms with Gasteiger partial charge < -0.3 is 0 Å². The van der Waals surface area contributed by atoms with Crippen LogP contribution in [0.15, 0.2) is 107 Å². The molecule has 1 nitrogen and oxygen atoms in total. The van der Waals surface area contributed by atoms with E-state index < -0.39 is 0 Å². The maximum Gasteiger partial charge on any atom is 0.113 e. The van der Waals surface area contributed by atoms with E-state index in [-0.39, 0.29) is 4.75 Å². The smallest absolute Gasteiger partial charge is 0.113 e. The van der Waals surface area contributed by atoms with E-state index in [1.165, 1.54) is 40.8 Å². The van der Waals surface area contributed by atoms with Crippen molar-refractivity contribution in [3.8, 4) is 0 Å². The lowest BCUT2D eigenvalue weighted by molar-refractivity contribution is 0.837. The highest BCUT2D eigenvalue weighted by Gasteiger charge is 2.37. The summed E-state index contributed by atoms with van der Waals surface area (Å²) in [6.45, 7) is 2.21. The molecule has 0 heterocycles. The van der Waals surface area contributed by atoms with Gasteiger partial charge in [-0.1, -0.05) is 96.6 Å². The predicted octanol–water partition coefficient (Wildman–Crippen LogP) is 7.20. The first-order valence-electron chi connectivity index (χ1n) is 9.88. The van der Waals surface area contributed by atoms with Gasteiger partial charge in [-0.3, -0.25) is 0 Å². The number of hydrogen-bond donors (Lipinski definition) is 0. The van der Waals surface area contributed by atoms with Crippen LogP contribution in [0, 0.1) is 0 Å². The van der Waals surface area contributed by atoms with Crippen LogP contribution < -0.4 is 0 Å². The van der Waals surface area contributed by atoms with E-state index in [1.54, 1.807) is 11.9 Å². The Morgan fingerprint density at radius 3 is 1.57 bits per heavy atom. The summed E-state index contributed by atoms with van der Waals surface area (Å²) in [7, 11) is 0. The maximum atomic E-state index is 5.09. The van der Waals surface area contributed by atoms with E-state index in [2.05, 4.69) is 104 Å². The molecule has 1 aliphatic carbocycles. The molecule has 0 aliphatic heterocycles. The predicted molar refractivity (Wildman–Crippen MR) is 122 cm³/mol. The summed E-state index contributed by atoms with van der Waals surface area (Å²) in [5, 5.41) is 0. The normalized spacial score (nSPS) is 16.0. The number of nitrogens with zero attached hydrogens (tertiary/aromatic N) is 1. The summed E-state index contributed by atoms with van der Waals surface area (Å²) in [5.41, 5.74) is 6.37. The van der Waals surface area contributed by atoms with Gasteiger partial charge in [0.25, 0.3) is 0 Å². The van der Waals surface area contributed by atoms with Crippen LogP contribution in [0.4, 0.5) is 0 Å². The SMILES string of the molecule is CC1=CC(=NSC(c2ccccc2)(c2ccccc2)c2ccccc2)CCC1. The fraction of sp³-hybridized carbons (Fsp3) is 0.192. The summed E-state index contributed by atoms with van der Waals surface area (Å²) in [5.74, 6) is 0. The lowest BCUT2D eigenvalue weighted by Gasteiger charge is -2.33. The number of rotatable bonds is 5. The van der Waals surface area contributed by atoms with Gasteiger partial charge in [-0.25, -0.2) is 4.40 Å². The van der Waals surface area contributed by atoms with E-state index in [4.69, 9.17) is 4.40 Å². The molecule has 4 rings (SSSR count). The molecular weight excluding hydrogens is 358 g/mol. The summed E-state index contributed by atoms with van der Waals surface area (Å²) in [6, 6.07) is 32.3. The molecule has 0 spiro atoms. The molecule has 0 saturated carbocycles. The van der Waals surface area contributed by atoms with Crippen LogP contribution in [0.1, 0.15) is 42.9 Å². The van der Waals surface area contributed by atoms with Gasteiger partial charge in [-0.2, -0.15) is 0 Å². The first-order chi connectivity index (χ1) is 13.8. The van der Waals surface area contributed by atoms with Gasteiger partial charge in [0.1, 0.15) is 4.75 Å². The van der Waals surface area contributed by atoms with E-state index in [0.717, 1.165) is 6.42 Å². The molecule has 0 N–H and O–H groups in total. The zero-order valence-corrected chi connectivity index (χ0v) is 17.0. The van der Waals surface area contributed by atoms with Crippen molar-refractivity contribution in [2.45, 2.75) is 30.9 Å². The topological polar surface area (TPSA) is 12.4 Å². The maximum absolute atomic E-state index is 5.09. The summed E-state index contributed by atoms with van der Waals surface area (Å²) < 4.78 is 4.71. The van der Waals surface area contributed by atoms with E-state index >= 15 is 0 Å². The monoisotopic (exact) mass is 383 g/mol. The van der Waals surface area contributed by atoms with Gasteiger partial charge in [0.2, 0.25) is 0 Å². The number of hydrogen-bond acceptors (Lipinski definition) is 2. The molecule has 0 saturated heterocycles. The van der Waals surface area contributed by atoms with Crippen molar-refractivity contribution >= 4 is 17.7 Å². The second-order valence-corrected chi connectivity index (χ2v) is 8.27. The Morgan fingerprint density at radius 2 is 1.14 bits per heavy atom. The Morgan fingerprint density at radius 1 is 0.679 bits per heavy atom. The van der Waals surface area contributed by atoms with E-state index in [1.807, 2.05) is 0 Å². The third-order valence-corrected chi connectivity index (χ3v) is 6.56. The van der Waals surface area contributed by atoms with E-state index in [0.29, 0.717) is 0 Å². The molecule has 3 aromatic rings. The molecular formula is C26H25NS. The van der Waals surface area contributed by atoms with Crippen molar-refractivity contribution in [2.24, 2.45) is 4.40 Å². The van der Waals surface area contributed by atoms with Crippen molar-refractivity contribution in [1.82, 2.24) is 0 Å². The molecule has 140 valence electrons. The molecule has 0 amide bonds. The minimum absolute atomic E-state index is 0.379. The zero-order chi connectivity index (χ0) is 19.2. The van der Waals surface area contributed by atoms with E-state index in [9.17, 15) is 0 Å². The quantitative estimate of drug-likeness (QED) is 0.335. The average molecular weight is 384 g/mol. The molecule has 0 fully saturated rings. The van der Waals surface area contributed by atoms with Gasteiger partial charge in [0.05, 0.1) is 0 Å². The third kappa shape index (κ3) is 3.83. The van der Waals surface area contributed by atoms with Crippen molar-refractivity contribution in [3.05, 3.63) is 119 Å². The Kier molecular flexibility index (Phi) is 5.78. The van der Waals surface area contributed by atoms with Crippen LogP contribution in [-0.4, -0.2) is 5.71 Å². The highest BCUT2D eigenvalue weighted by Crippen LogP contribution is 2.49. The molecule has 0 atom stereocenters. The lowest BCUT2D eigenvalue weighted by Crippen LogP contribution is -2.25. The number of benzene rings is 3. The Bertz CT molecular complexity index is 862. The van der Waals surface area contributed by atoms with Gasteiger partial charge in [0, 0.05) is 5.71 Å². The Hall–Kier alpha value is -2.58. The van der Waals surface area contributed by atoms with Crippen LogP contribution in [0.25, 0.3) is 0 Å². The molecule has 3 aromatic carbocycles. The Balaban J connectivity index is 1.91. The molecule has 28 heavy (non-hydrogen) atoms. The first-order valence-corrected chi connectivity index (χ1v) is 10.7. The Labute approximate surface area is 172 Å². The van der Waals surface area contributed by atoms with Crippen molar-refractivity contribution in [2.75, 3.05) is 0 Å². The molecule has 1 aliphatic rings. The van der Waals surface area contributed by atoms with Gasteiger partial charge in [-0.15, -0.1) is 0 Å². The third-order valence-electron chi connectivity index (χ3n) is 5.26. The second-order valence-electron chi connectivity index (χ2n) is 7.30. The van der Waals surface area contributed by atoms with Crippen molar-refractivity contribution < 1.29 is 0 Å². The molecule has 0 aromatic heterocycles. The largest absolute Gasteiger partial charge is 0.220 e. The fourth-order valence-electron chi connectivity index (χ4n) is 3.85. The van der Waals surface area contributed by atoms with Crippen LogP contribution in [0.3, 0.4) is 0 Å². The standard InChI is InChI=1S/C26H25NS/c1-21-12-11-19-25(20-21)27-28-26(22-13-5-2-6-14-22,23-15-7-3-8-16-23)24-17-9-4-10-18-24/h2-10,13-18,20H,11-12,19H2,1H3. The second kappa shape index (κ2) is 8.62. The van der Waals surface area contributed by atoms with Crippen LogP contribution in [0.2, 0.25) is 0 Å². The molecule has 0 bridgehead atoms. The summed E-state index contributed by atoms with van der Waals surface area (Å²) in [4.78, 5) is 0.